The molecule has 2 heterocycles. The second-order valence-corrected chi connectivity index (χ2v) is 6.14. The molecular formula is C14H8BrN3S. The molecule has 0 spiro atoms. The zero-order valence-corrected chi connectivity index (χ0v) is 12.1. The molecule has 2 aromatic carbocycles. The molecule has 5 heteroatoms. The van der Waals surface area contributed by atoms with Crippen molar-refractivity contribution in [3.63, 3.8) is 0 Å². The molecule has 0 aliphatic rings. The van der Waals surface area contributed by atoms with E-state index < -0.39 is 0 Å². The number of nitrogens with zero attached hydrogens (tertiary/aromatic N) is 3. The van der Waals surface area contributed by atoms with E-state index >= 15 is 0 Å². The van der Waals surface area contributed by atoms with Gasteiger partial charge in [-0.1, -0.05) is 51.5 Å². The van der Waals surface area contributed by atoms with Crippen LogP contribution in [0.15, 0.2) is 53.0 Å². The molecule has 0 amide bonds. The molecular weight excluding hydrogens is 322 g/mol. The number of rotatable bonds is 1. The summed E-state index contributed by atoms with van der Waals surface area (Å²) in [4.78, 5) is 0.930. The van der Waals surface area contributed by atoms with E-state index in [9.17, 15) is 0 Å². The summed E-state index contributed by atoms with van der Waals surface area (Å²) >= 11 is 5.11. The van der Waals surface area contributed by atoms with Crippen molar-refractivity contribution in [1.29, 1.82) is 0 Å². The van der Waals surface area contributed by atoms with E-state index in [0.29, 0.717) is 0 Å². The Morgan fingerprint density at radius 3 is 2.58 bits per heavy atom. The first-order valence-electron chi connectivity index (χ1n) is 5.81. The van der Waals surface area contributed by atoms with Crippen LogP contribution >= 0.6 is 27.3 Å². The Morgan fingerprint density at radius 1 is 0.947 bits per heavy atom. The van der Waals surface area contributed by atoms with Crippen LogP contribution in [-0.4, -0.2) is 14.6 Å². The molecule has 0 aliphatic heterocycles. The lowest BCUT2D eigenvalue weighted by Crippen LogP contribution is -1.87. The van der Waals surface area contributed by atoms with E-state index in [0.717, 1.165) is 26.3 Å². The van der Waals surface area contributed by atoms with Crippen LogP contribution in [0.2, 0.25) is 0 Å². The third-order valence-corrected chi connectivity index (χ3v) is 4.58. The number of para-hydroxylation sites is 1. The molecule has 3 nitrogen and oxygen atoms in total. The summed E-state index contributed by atoms with van der Waals surface area (Å²) in [6, 6.07) is 16.4. The predicted molar refractivity (Wildman–Crippen MR) is 81.5 cm³/mol. The zero-order valence-electron chi connectivity index (χ0n) is 9.75. The van der Waals surface area contributed by atoms with Gasteiger partial charge in [-0.25, -0.2) is 0 Å². The topological polar surface area (TPSA) is 30.2 Å². The molecule has 4 aromatic rings. The molecule has 4 rings (SSSR count). The van der Waals surface area contributed by atoms with Crippen LogP contribution in [0.4, 0.5) is 0 Å². The Hall–Kier alpha value is -1.72. The summed E-state index contributed by atoms with van der Waals surface area (Å²) in [5.41, 5.74) is 2.23. The Morgan fingerprint density at radius 2 is 1.74 bits per heavy atom. The van der Waals surface area contributed by atoms with Crippen LogP contribution < -0.4 is 0 Å². The number of benzene rings is 2. The fraction of sp³-hybridized carbons (Fsp3) is 0. The van der Waals surface area contributed by atoms with Gasteiger partial charge >= 0.3 is 0 Å². The van der Waals surface area contributed by atoms with Gasteiger partial charge in [-0.15, -0.1) is 10.2 Å². The molecule has 0 radical (unpaired) electrons. The van der Waals surface area contributed by atoms with E-state index in [1.54, 1.807) is 11.3 Å². The molecule has 0 saturated heterocycles. The number of hydrogen-bond donors (Lipinski definition) is 0. The van der Waals surface area contributed by atoms with E-state index in [-0.39, 0.29) is 0 Å². The lowest BCUT2D eigenvalue weighted by atomic mass is 10.2. The van der Waals surface area contributed by atoms with Crippen molar-refractivity contribution in [2.24, 2.45) is 0 Å². The standard InChI is InChI=1S/C14H8BrN3S/c15-10-7-5-9(6-8-10)13-16-17-14-18(13)11-3-1-2-4-12(11)19-14/h1-8H. The molecule has 19 heavy (non-hydrogen) atoms. The normalized spacial score (nSPS) is 11.4. The first-order valence-corrected chi connectivity index (χ1v) is 7.42. The van der Waals surface area contributed by atoms with Gasteiger partial charge in [0.2, 0.25) is 4.96 Å². The smallest absolute Gasteiger partial charge is 0.217 e. The fourth-order valence-electron chi connectivity index (χ4n) is 2.17. The van der Waals surface area contributed by atoms with Gasteiger partial charge in [-0.05, 0) is 24.3 Å². The minimum atomic E-state index is 0.889. The van der Waals surface area contributed by atoms with Crippen molar-refractivity contribution in [2.45, 2.75) is 0 Å². The molecule has 0 bridgehead atoms. The van der Waals surface area contributed by atoms with Crippen molar-refractivity contribution in [3.05, 3.63) is 53.0 Å². The molecule has 0 atom stereocenters. The second kappa shape index (κ2) is 4.15. The fourth-order valence-corrected chi connectivity index (χ4v) is 3.39. The minimum absolute atomic E-state index is 0.889. The Labute approximate surface area is 121 Å². The van der Waals surface area contributed by atoms with Crippen molar-refractivity contribution >= 4 is 42.4 Å². The van der Waals surface area contributed by atoms with Gasteiger partial charge in [0.25, 0.3) is 0 Å². The highest BCUT2D eigenvalue weighted by Crippen LogP contribution is 2.30. The summed E-state index contributed by atoms with van der Waals surface area (Å²) in [7, 11) is 0. The third kappa shape index (κ3) is 1.69. The van der Waals surface area contributed by atoms with Crippen molar-refractivity contribution in [1.82, 2.24) is 14.6 Å². The van der Waals surface area contributed by atoms with Gasteiger partial charge in [0.15, 0.2) is 5.82 Å². The summed E-state index contributed by atoms with van der Waals surface area (Å²) in [5, 5.41) is 8.59. The minimum Gasteiger partial charge on any atom is -0.265 e. The SMILES string of the molecule is Brc1ccc(-c2nnc3sc4ccccc4n23)cc1. The maximum atomic E-state index is 4.31. The van der Waals surface area contributed by atoms with E-state index in [4.69, 9.17) is 0 Å². The summed E-state index contributed by atoms with van der Waals surface area (Å²) in [6.07, 6.45) is 0. The molecule has 0 N–H and O–H groups in total. The van der Waals surface area contributed by atoms with Crippen LogP contribution in [-0.2, 0) is 0 Å². The maximum Gasteiger partial charge on any atom is 0.217 e. The number of aromatic nitrogens is 3. The zero-order chi connectivity index (χ0) is 12.8. The quantitative estimate of drug-likeness (QED) is 0.519. The first-order chi connectivity index (χ1) is 9.33. The van der Waals surface area contributed by atoms with Crippen LogP contribution in [0, 0.1) is 0 Å². The Kier molecular flexibility index (Phi) is 2.43. The van der Waals surface area contributed by atoms with E-state index in [1.807, 2.05) is 36.4 Å². The number of halogens is 1. The van der Waals surface area contributed by atoms with Crippen LogP contribution in [0.25, 0.3) is 26.6 Å². The monoisotopic (exact) mass is 329 g/mol. The van der Waals surface area contributed by atoms with Gasteiger partial charge in [-0.2, -0.15) is 0 Å². The van der Waals surface area contributed by atoms with Crippen LogP contribution in [0.1, 0.15) is 0 Å². The average Bonchev–Trinajstić information content (AvgIpc) is 2.98. The average molecular weight is 330 g/mol. The molecule has 0 aliphatic carbocycles. The number of thiazole rings is 1. The maximum absolute atomic E-state index is 4.31. The van der Waals surface area contributed by atoms with Crippen molar-refractivity contribution in [3.8, 4) is 11.4 Å². The molecule has 92 valence electrons. The van der Waals surface area contributed by atoms with Crippen molar-refractivity contribution < 1.29 is 0 Å². The lowest BCUT2D eigenvalue weighted by Gasteiger charge is -1.99. The highest BCUT2D eigenvalue weighted by molar-refractivity contribution is 9.10. The highest BCUT2D eigenvalue weighted by atomic mass is 79.9. The number of hydrogen-bond acceptors (Lipinski definition) is 3. The largest absolute Gasteiger partial charge is 0.265 e. The highest BCUT2D eigenvalue weighted by Gasteiger charge is 2.13. The van der Waals surface area contributed by atoms with Crippen LogP contribution in [0.5, 0.6) is 0 Å². The third-order valence-electron chi connectivity index (χ3n) is 3.04. The summed E-state index contributed by atoms with van der Waals surface area (Å²) in [5.74, 6) is 0.889. The van der Waals surface area contributed by atoms with Crippen molar-refractivity contribution in [2.75, 3.05) is 0 Å². The Balaban J connectivity index is 2.06. The summed E-state index contributed by atoms with van der Waals surface area (Å²) < 4.78 is 4.40. The second-order valence-electron chi connectivity index (χ2n) is 4.22. The van der Waals surface area contributed by atoms with Crippen LogP contribution in [0.3, 0.4) is 0 Å². The van der Waals surface area contributed by atoms with Gasteiger partial charge < -0.3 is 0 Å². The first kappa shape index (κ1) is 11.1. The predicted octanol–water partition coefficient (Wildman–Crippen LogP) is 4.37. The Bertz CT molecular complexity index is 877. The van der Waals surface area contributed by atoms with E-state index in [2.05, 4.69) is 42.7 Å². The number of fused-ring (bicyclic) bond motifs is 3. The molecule has 0 fully saturated rings. The van der Waals surface area contributed by atoms with E-state index in [1.165, 1.54) is 4.70 Å². The lowest BCUT2D eigenvalue weighted by molar-refractivity contribution is 1.12. The molecule has 2 aromatic heterocycles. The molecule has 0 saturated carbocycles. The summed E-state index contributed by atoms with van der Waals surface area (Å²) in [6.45, 7) is 0. The molecule has 0 unspecified atom stereocenters. The van der Waals surface area contributed by atoms with Gasteiger partial charge in [0, 0.05) is 10.0 Å². The van der Waals surface area contributed by atoms with Gasteiger partial charge in [-0.3, -0.25) is 4.40 Å². The van der Waals surface area contributed by atoms with Gasteiger partial charge in [0.1, 0.15) is 0 Å². The van der Waals surface area contributed by atoms with Gasteiger partial charge in [0.05, 0.1) is 10.2 Å².